The summed E-state index contributed by atoms with van der Waals surface area (Å²) in [7, 11) is 0. The van der Waals surface area contributed by atoms with E-state index in [1.807, 2.05) is 0 Å². The van der Waals surface area contributed by atoms with Crippen molar-refractivity contribution in [1.82, 2.24) is 30.5 Å². The van der Waals surface area contributed by atoms with E-state index < -0.39 is 64.2 Å². The molecule has 8 amide bonds. The number of hydroxylamine groups is 3. The topological polar surface area (TPSA) is 251 Å². The van der Waals surface area contributed by atoms with E-state index in [4.69, 9.17) is 4.74 Å². The van der Waals surface area contributed by atoms with E-state index in [0.29, 0.717) is 16.8 Å². The van der Waals surface area contributed by atoms with Gasteiger partial charge in [0.1, 0.15) is 38.0 Å². The Kier molecular flexibility index (Phi) is 8.35. The van der Waals surface area contributed by atoms with Crippen LogP contribution >= 0.6 is 0 Å². The van der Waals surface area contributed by atoms with Gasteiger partial charge in [0, 0.05) is 30.4 Å². The molecule has 5 heterocycles. The molecule has 7 rings (SSSR count). The molecule has 2 aromatic carbocycles. The SMILES string of the molecule is O=C1CCC(N2C(=O)c3cccc(NC(=O)Cn4cc(COC(=O)Nc5cccc6c5C[N+]([O-])(C5CCC(=O)NC5=O)C6)nn4)c3C2=O)C(=O)N1. The van der Waals surface area contributed by atoms with Crippen molar-refractivity contribution >= 4 is 58.8 Å². The molecule has 0 radical (unpaired) electrons. The summed E-state index contributed by atoms with van der Waals surface area (Å²) in [6, 6.07) is 7.21. The number of benzene rings is 2. The number of carbonyl (C=O) groups is 8. The van der Waals surface area contributed by atoms with Gasteiger partial charge in [-0.25, -0.2) is 9.48 Å². The molecule has 0 aliphatic carbocycles. The molecule has 3 unspecified atom stereocenters. The van der Waals surface area contributed by atoms with Crippen molar-refractivity contribution in [2.45, 2.75) is 64.0 Å². The highest BCUT2D eigenvalue weighted by Gasteiger charge is 2.46. The Morgan fingerprint density at radius 3 is 2.39 bits per heavy atom. The van der Waals surface area contributed by atoms with Crippen molar-refractivity contribution in [1.29, 1.82) is 0 Å². The average molecular weight is 700 g/mol. The second-order valence-corrected chi connectivity index (χ2v) is 12.5. The number of fused-ring (bicyclic) bond motifs is 2. The predicted octanol–water partition coefficient (Wildman–Crippen LogP) is 0.200. The number of ether oxygens (including phenoxy) is 1. The van der Waals surface area contributed by atoms with Crippen LogP contribution < -0.4 is 21.3 Å². The van der Waals surface area contributed by atoms with Gasteiger partial charge in [-0.2, -0.15) is 0 Å². The van der Waals surface area contributed by atoms with Crippen molar-refractivity contribution in [3.05, 3.63) is 75.8 Å². The number of hydrogen-bond acceptors (Lipinski definition) is 12. The first kappa shape index (κ1) is 33.2. The average Bonchev–Trinajstić information content (AvgIpc) is 3.75. The second kappa shape index (κ2) is 12.8. The van der Waals surface area contributed by atoms with E-state index in [-0.39, 0.29) is 74.4 Å². The van der Waals surface area contributed by atoms with Crippen molar-refractivity contribution in [2.24, 2.45) is 0 Å². The molecular formula is C32H29N9O10. The zero-order valence-corrected chi connectivity index (χ0v) is 26.7. The second-order valence-electron chi connectivity index (χ2n) is 12.5. The zero-order valence-electron chi connectivity index (χ0n) is 26.7. The van der Waals surface area contributed by atoms with Crippen LogP contribution in [0.1, 0.15) is 63.2 Å². The largest absolute Gasteiger partial charge is 0.632 e. The smallest absolute Gasteiger partial charge is 0.412 e. The maximum absolute atomic E-state index is 13.7. The van der Waals surface area contributed by atoms with Gasteiger partial charge in [-0.15, -0.1) is 5.10 Å². The van der Waals surface area contributed by atoms with Crippen LogP contribution in [-0.2, 0) is 55.0 Å². The predicted molar refractivity (Wildman–Crippen MR) is 169 cm³/mol. The molecule has 262 valence electrons. The number of amides is 8. The monoisotopic (exact) mass is 699 g/mol. The molecule has 3 aromatic rings. The highest BCUT2D eigenvalue weighted by atomic mass is 16.6. The minimum Gasteiger partial charge on any atom is -0.632 e. The van der Waals surface area contributed by atoms with Gasteiger partial charge >= 0.3 is 6.09 Å². The Hall–Kier alpha value is -6.34. The molecule has 2 saturated heterocycles. The molecule has 2 fully saturated rings. The maximum atomic E-state index is 13.7. The summed E-state index contributed by atoms with van der Waals surface area (Å²) in [5, 5.41) is 31.0. The van der Waals surface area contributed by atoms with E-state index >= 15 is 0 Å². The number of quaternary nitrogens is 1. The molecule has 1 aromatic heterocycles. The molecule has 4 N–H and O–H groups in total. The molecular weight excluding hydrogens is 670 g/mol. The van der Waals surface area contributed by atoms with Crippen LogP contribution in [0.2, 0.25) is 0 Å². The van der Waals surface area contributed by atoms with Gasteiger partial charge in [0.15, 0.2) is 6.04 Å². The standard InChI is InChI=1S/C32H29N9O10/c42-24-9-7-22(28(45)35-24)40-30(47)18-4-2-6-21(27(18)31(40)48)33-26(44)12-39-11-17(37-38-39)15-51-32(49)34-20-5-1-3-16-13-41(50,14-19(16)20)23-8-10-25(43)36-29(23)46/h1-6,11,22-23H,7-10,12-15H2,(H,33,44)(H,34,49)(H,35,42,45)(H,36,43,46). The Bertz CT molecular complexity index is 2060. The molecule has 0 bridgehead atoms. The van der Waals surface area contributed by atoms with E-state index in [0.717, 1.165) is 4.90 Å². The van der Waals surface area contributed by atoms with Gasteiger partial charge in [0.05, 0.1) is 28.7 Å². The fraction of sp³-hybridized carbons (Fsp3) is 0.312. The Morgan fingerprint density at radius 2 is 1.63 bits per heavy atom. The van der Waals surface area contributed by atoms with Crippen LogP contribution in [0.5, 0.6) is 0 Å². The minimum atomic E-state index is -1.16. The van der Waals surface area contributed by atoms with E-state index in [2.05, 4.69) is 31.6 Å². The van der Waals surface area contributed by atoms with Crippen molar-refractivity contribution in [2.75, 3.05) is 10.6 Å². The van der Waals surface area contributed by atoms with Crippen LogP contribution in [0, 0.1) is 5.21 Å². The number of nitrogens with one attached hydrogen (secondary N) is 4. The quantitative estimate of drug-likeness (QED) is 0.140. The Morgan fingerprint density at radius 1 is 0.902 bits per heavy atom. The molecule has 0 saturated carbocycles. The van der Waals surface area contributed by atoms with Gasteiger partial charge in [-0.05, 0) is 24.6 Å². The first-order valence-electron chi connectivity index (χ1n) is 15.9. The van der Waals surface area contributed by atoms with Gasteiger partial charge in [-0.3, -0.25) is 54.4 Å². The highest BCUT2D eigenvalue weighted by molar-refractivity contribution is 6.26. The lowest BCUT2D eigenvalue weighted by molar-refractivity contribution is -0.916. The number of carbonyl (C=O) groups excluding carboxylic acids is 8. The molecule has 4 aliphatic rings. The summed E-state index contributed by atoms with van der Waals surface area (Å²) >= 11 is 0. The van der Waals surface area contributed by atoms with Gasteiger partial charge in [0.25, 0.3) is 17.7 Å². The molecule has 19 nitrogen and oxygen atoms in total. The molecule has 4 aliphatic heterocycles. The van der Waals surface area contributed by atoms with Crippen molar-refractivity contribution < 1.29 is 47.7 Å². The summed E-state index contributed by atoms with van der Waals surface area (Å²) in [6.45, 7) is -0.757. The summed E-state index contributed by atoms with van der Waals surface area (Å²) in [4.78, 5) is 101. The summed E-state index contributed by atoms with van der Waals surface area (Å²) in [5.74, 6) is -4.39. The van der Waals surface area contributed by atoms with Gasteiger partial charge in [0.2, 0.25) is 23.6 Å². The molecule has 19 heteroatoms. The number of rotatable bonds is 8. The fourth-order valence-corrected chi connectivity index (χ4v) is 6.77. The summed E-state index contributed by atoms with van der Waals surface area (Å²) < 4.78 is 5.57. The zero-order chi connectivity index (χ0) is 36.0. The summed E-state index contributed by atoms with van der Waals surface area (Å²) in [5.41, 5.74) is 1.73. The lowest BCUT2D eigenvalue weighted by Gasteiger charge is -2.45. The fourth-order valence-electron chi connectivity index (χ4n) is 6.77. The maximum Gasteiger partial charge on any atom is 0.412 e. The van der Waals surface area contributed by atoms with Crippen molar-refractivity contribution in [3.63, 3.8) is 0 Å². The van der Waals surface area contributed by atoms with Gasteiger partial charge in [-0.1, -0.05) is 23.4 Å². The van der Waals surface area contributed by atoms with Crippen LogP contribution in [0.3, 0.4) is 0 Å². The minimum absolute atomic E-state index is 0.00200. The number of nitrogens with zero attached hydrogens (tertiary/aromatic N) is 5. The Balaban J connectivity index is 0.936. The first-order chi connectivity index (χ1) is 24.4. The number of hydrogen-bond donors (Lipinski definition) is 4. The normalized spacial score (nSPS) is 22.6. The number of imide groups is 3. The van der Waals surface area contributed by atoms with E-state index in [1.165, 1.54) is 29.1 Å². The third-order valence-electron chi connectivity index (χ3n) is 9.14. The summed E-state index contributed by atoms with van der Waals surface area (Å²) in [6.07, 6.45) is 0.679. The number of piperidine rings is 2. The third kappa shape index (κ3) is 6.30. The molecule has 3 atom stereocenters. The highest BCUT2D eigenvalue weighted by Crippen LogP contribution is 2.38. The first-order valence-corrected chi connectivity index (χ1v) is 15.9. The molecule has 51 heavy (non-hydrogen) atoms. The van der Waals surface area contributed by atoms with Crippen LogP contribution in [-0.4, -0.2) is 84.1 Å². The van der Waals surface area contributed by atoms with Gasteiger partial charge < -0.3 is 19.9 Å². The number of aromatic nitrogens is 3. The van der Waals surface area contributed by atoms with Crippen LogP contribution in [0.4, 0.5) is 16.2 Å². The van der Waals surface area contributed by atoms with Crippen molar-refractivity contribution in [3.8, 4) is 0 Å². The Labute approximate surface area is 287 Å². The number of anilines is 2. The molecule has 0 spiro atoms. The lowest BCUT2D eigenvalue weighted by atomic mass is 10.0. The van der Waals surface area contributed by atoms with E-state index in [9.17, 15) is 43.6 Å². The van der Waals surface area contributed by atoms with Crippen LogP contribution in [0.25, 0.3) is 0 Å². The third-order valence-corrected chi connectivity index (χ3v) is 9.14. The van der Waals surface area contributed by atoms with Crippen LogP contribution in [0.15, 0.2) is 42.6 Å². The lowest BCUT2D eigenvalue weighted by Crippen LogP contribution is -2.58. The van der Waals surface area contributed by atoms with E-state index in [1.54, 1.807) is 18.2 Å².